The molecule has 0 bridgehead atoms. The predicted molar refractivity (Wildman–Crippen MR) is 114 cm³/mol. The minimum absolute atomic E-state index is 0.0565. The first-order valence-corrected chi connectivity index (χ1v) is 10.2. The standard InChI is InChI=1S/C23H21FN6O/c24-18-7-4-8-19(15-18)30-22(25-26-27-30)16-28-11-13-29(14-12-28)23(31)21-10-3-6-17-5-1-2-9-20(17)21/h1-10,15H,11-14,16H2. The fourth-order valence-corrected chi connectivity index (χ4v) is 4.00. The molecule has 0 atom stereocenters. The molecule has 0 saturated carbocycles. The van der Waals surface area contributed by atoms with Crippen LogP contribution in [0.4, 0.5) is 4.39 Å². The predicted octanol–water partition coefficient (Wildman–Crippen LogP) is 2.91. The number of hydrogen-bond acceptors (Lipinski definition) is 5. The minimum atomic E-state index is -0.334. The quantitative estimate of drug-likeness (QED) is 0.512. The SMILES string of the molecule is O=C(c1cccc2ccccc12)N1CCN(Cc2nnnn2-c2cccc(F)c2)CC1. The number of piperazine rings is 1. The Labute approximate surface area is 178 Å². The van der Waals surface area contributed by atoms with Crippen LogP contribution < -0.4 is 0 Å². The number of carbonyl (C=O) groups is 1. The molecule has 0 N–H and O–H groups in total. The van der Waals surface area contributed by atoms with Crippen LogP contribution in [0.15, 0.2) is 66.7 Å². The van der Waals surface area contributed by atoms with Crippen LogP contribution in [-0.2, 0) is 6.54 Å². The maximum Gasteiger partial charge on any atom is 0.254 e. The van der Waals surface area contributed by atoms with Crippen molar-refractivity contribution in [3.8, 4) is 5.69 Å². The maximum atomic E-state index is 13.6. The zero-order valence-electron chi connectivity index (χ0n) is 16.9. The van der Waals surface area contributed by atoms with E-state index in [-0.39, 0.29) is 11.7 Å². The average molecular weight is 416 g/mol. The summed E-state index contributed by atoms with van der Waals surface area (Å²) in [5.41, 5.74) is 1.33. The van der Waals surface area contributed by atoms with Gasteiger partial charge in [0.1, 0.15) is 5.82 Å². The fourth-order valence-electron chi connectivity index (χ4n) is 4.00. The van der Waals surface area contributed by atoms with Crippen LogP contribution in [0.3, 0.4) is 0 Å². The molecule has 0 aliphatic carbocycles. The van der Waals surface area contributed by atoms with Crippen LogP contribution in [0.2, 0.25) is 0 Å². The van der Waals surface area contributed by atoms with Gasteiger partial charge in [-0.25, -0.2) is 4.39 Å². The van der Waals surface area contributed by atoms with Gasteiger partial charge in [-0.1, -0.05) is 42.5 Å². The lowest BCUT2D eigenvalue weighted by Gasteiger charge is -2.34. The molecular weight excluding hydrogens is 395 g/mol. The third kappa shape index (κ3) is 3.89. The van der Waals surface area contributed by atoms with Crippen molar-refractivity contribution in [1.82, 2.24) is 30.0 Å². The van der Waals surface area contributed by atoms with E-state index in [1.165, 1.54) is 12.1 Å². The Balaban J connectivity index is 1.26. The van der Waals surface area contributed by atoms with Gasteiger partial charge in [0.25, 0.3) is 5.91 Å². The highest BCUT2D eigenvalue weighted by atomic mass is 19.1. The molecule has 1 amide bonds. The number of nitrogens with zero attached hydrogens (tertiary/aromatic N) is 6. The molecule has 1 aliphatic heterocycles. The minimum Gasteiger partial charge on any atom is -0.336 e. The van der Waals surface area contributed by atoms with Crippen LogP contribution in [0.25, 0.3) is 16.5 Å². The second kappa shape index (κ2) is 8.23. The highest BCUT2D eigenvalue weighted by Crippen LogP contribution is 2.21. The summed E-state index contributed by atoms with van der Waals surface area (Å²) in [5.74, 6) is 0.361. The molecule has 8 heteroatoms. The van der Waals surface area contributed by atoms with Gasteiger partial charge in [0.15, 0.2) is 5.82 Å². The normalized spacial score (nSPS) is 14.8. The molecule has 4 aromatic rings. The molecule has 1 aliphatic rings. The zero-order valence-corrected chi connectivity index (χ0v) is 16.9. The monoisotopic (exact) mass is 416 g/mol. The number of rotatable bonds is 4. The number of fused-ring (bicyclic) bond motifs is 1. The lowest BCUT2D eigenvalue weighted by Crippen LogP contribution is -2.48. The first-order valence-electron chi connectivity index (χ1n) is 10.2. The van der Waals surface area contributed by atoms with E-state index in [4.69, 9.17) is 0 Å². The Bertz CT molecular complexity index is 1230. The van der Waals surface area contributed by atoms with Crippen molar-refractivity contribution in [2.24, 2.45) is 0 Å². The maximum absolute atomic E-state index is 13.6. The molecule has 5 rings (SSSR count). The number of aromatic nitrogens is 4. The number of amides is 1. The number of benzene rings is 3. The van der Waals surface area contributed by atoms with Crippen molar-refractivity contribution < 1.29 is 9.18 Å². The van der Waals surface area contributed by atoms with E-state index >= 15 is 0 Å². The van der Waals surface area contributed by atoms with E-state index in [2.05, 4.69) is 20.4 Å². The van der Waals surface area contributed by atoms with Crippen molar-refractivity contribution in [3.63, 3.8) is 0 Å². The average Bonchev–Trinajstić information content (AvgIpc) is 3.27. The summed E-state index contributed by atoms with van der Waals surface area (Å²) >= 11 is 0. The molecule has 1 saturated heterocycles. The number of hydrogen-bond donors (Lipinski definition) is 0. The van der Waals surface area contributed by atoms with Gasteiger partial charge in [0.05, 0.1) is 12.2 Å². The molecule has 0 spiro atoms. The first-order chi connectivity index (χ1) is 15.2. The Morgan fingerprint density at radius 3 is 2.55 bits per heavy atom. The van der Waals surface area contributed by atoms with Crippen LogP contribution in [-0.4, -0.2) is 62.1 Å². The first kappa shape index (κ1) is 19.3. The third-order valence-electron chi connectivity index (χ3n) is 5.63. The second-order valence-corrected chi connectivity index (χ2v) is 7.58. The van der Waals surface area contributed by atoms with Crippen LogP contribution >= 0.6 is 0 Å². The highest BCUT2D eigenvalue weighted by Gasteiger charge is 2.24. The number of halogens is 1. The molecule has 7 nitrogen and oxygen atoms in total. The second-order valence-electron chi connectivity index (χ2n) is 7.58. The third-order valence-corrected chi connectivity index (χ3v) is 5.63. The van der Waals surface area contributed by atoms with Crippen LogP contribution in [0.5, 0.6) is 0 Å². The largest absolute Gasteiger partial charge is 0.336 e. The molecule has 2 heterocycles. The molecule has 1 fully saturated rings. The van der Waals surface area contributed by atoms with E-state index in [0.29, 0.717) is 44.2 Å². The summed E-state index contributed by atoms with van der Waals surface area (Å²) < 4.78 is 15.1. The molecule has 0 unspecified atom stereocenters. The summed E-state index contributed by atoms with van der Waals surface area (Å²) in [7, 11) is 0. The van der Waals surface area contributed by atoms with Gasteiger partial charge in [0.2, 0.25) is 0 Å². The number of tetrazole rings is 1. The summed E-state index contributed by atoms with van der Waals surface area (Å²) in [4.78, 5) is 17.2. The van der Waals surface area contributed by atoms with Crippen molar-refractivity contribution in [3.05, 3.63) is 83.9 Å². The summed E-state index contributed by atoms with van der Waals surface area (Å²) in [6.07, 6.45) is 0. The smallest absolute Gasteiger partial charge is 0.254 e. The van der Waals surface area contributed by atoms with Crippen molar-refractivity contribution >= 4 is 16.7 Å². The van der Waals surface area contributed by atoms with Crippen LogP contribution in [0.1, 0.15) is 16.2 Å². The van der Waals surface area contributed by atoms with E-state index < -0.39 is 0 Å². The van der Waals surface area contributed by atoms with E-state index in [9.17, 15) is 9.18 Å². The Kier molecular flexibility index (Phi) is 5.13. The lowest BCUT2D eigenvalue weighted by molar-refractivity contribution is 0.0626. The molecule has 31 heavy (non-hydrogen) atoms. The summed E-state index contributed by atoms with van der Waals surface area (Å²) in [6.45, 7) is 3.21. The number of carbonyl (C=O) groups excluding carboxylic acids is 1. The van der Waals surface area contributed by atoms with Crippen molar-refractivity contribution in [2.45, 2.75) is 6.54 Å². The fraction of sp³-hybridized carbons (Fsp3) is 0.217. The van der Waals surface area contributed by atoms with Gasteiger partial charge < -0.3 is 4.90 Å². The van der Waals surface area contributed by atoms with Crippen molar-refractivity contribution in [1.29, 1.82) is 0 Å². The van der Waals surface area contributed by atoms with Crippen LogP contribution in [0, 0.1) is 5.82 Å². The summed E-state index contributed by atoms with van der Waals surface area (Å²) in [6, 6.07) is 20.0. The topological polar surface area (TPSA) is 67.2 Å². The molecular formula is C23H21FN6O. The van der Waals surface area contributed by atoms with Gasteiger partial charge in [-0.3, -0.25) is 9.69 Å². The molecule has 1 aromatic heterocycles. The lowest BCUT2D eigenvalue weighted by atomic mass is 10.0. The zero-order chi connectivity index (χ0) is 21.2. The molecule has 0 radical (unpaired) electrons. The Hall–Kier alpha value is -3.65. The summed E-state index contributed by atoms with van der Waals surface area (Å²) in [5, 5.41) is 13.9. The van der Waals surface area contributed by atoms with Gasteiger partial charge in [-0.05, 0) is 45.5 Å². The van der Waals surface area contributed by atoms with Gasteiger partial charge in [-0.15, -0.1) is 5.10 Å². The van der Waals surface area contributed by atoms with E-state index in [1.807, 2.05) is 47.4 Å². The van der Waals surface area contributed by atoms with E-state index in [1.54, 1.807) is 16.8 Å². The highest BCUT2D eigenvalue weighted by molar-refractivity contribution is 6.07. The van der Waals surface area contributed by atoms with Gasteiger partial charge in [0, 0.05) is 31.7 Å². The molecule has 156 valence electrons. The Morgan fingerprint density at radius 2 is 1.71 bits per heavy atom. The van der Waals surface area contributed by atoms with Gasteiger partial charge >= 0.3 is 0 Å². The van der Waals surface area contributed by atoms with E-state index in [0.717, 1.165) is 16.3 Å². The van der Waals surface area contributed by atoms with Crippen molar-refractivity contribution in [2.75, 3.05) is 26.2 Å². The van der Waals surface area contributed by atoms with Gasteiger partial charge in [-0.2, -0.15) is 4.68 Å². The molecule has 3 aromatic carbocycles. The Morgan fingerprint density at radius 1 is 0.935 bits per heavy atom.